The minimum absolute atomic E-state index is 0.406. The summed E-state index contributed by atoms with van der Waals surface area (Å²) in [4.78, 5) is 11.1. The molecule has 0 amide bonds. The van der Waals surface area contributed by atoms with Crippen LogP contribution in [0.1, 0.15) is 18.4 Å². The Balaban J connectivity index is 2.41. The van der Waals surface area contributed by atoms with Gasteiger partial charge in [-0.3, -0.25) is 4.79 Å². The average Bonchev–Trinajstić information content (AvgIpc) is 2.41. The first-order chi connectivity index (χ1) is 9.09. The summed E-state index contributed by atoms with van der Waals surface area (Å²) < 4.78 is 5.72. The molecule has 4 heteroatoms. The van der Waals surface area contributed by atoms with Crippen LogP contribution in [-0.2, 0) is 4.79 Å². The Bertz CT molecular complexity index is 581. The molecule has 1 unspecified atom stereocenters. The van der Waals surface area contributed by atoms with E-state index in [-0.39, 0.29) is 0 Å². The molecule has 0 radical (unpaired) electrons. The summed E-state index contributed by atoms with van der Waals surface area (Å²) in [5, 5.41) is 9.12. The van der Waals surface area contributed by atoms with E-state index in [1.807, 2.05) is 18.2 Å². The minimum atomic E-state index is -0.913. The van der Waals surface area contributed by atoms with E-state index < -0.39 is 11.9 Å². The van der Waals surface area contributed by atoms with Gasteiger partial charge in [-0.05, 0) is 25.1 Å². The van der Waals surface area contributed by atoms with Gasteiger partial charge in [-0.25, -0.2) is 0 Å². The maximum absolute atomic E-state index is 11.1. The number of nitrogens with two attached hydrogens (primary N) is 1. The molecule has 0 bridgehead atoms. The van der Waals surface area contributed by atoms with Crippen molar-refractivity contribution in [2.24, 2.45) is 0 Å². The molecule has 1 atom stereocenters. The molecule has 2 aromatic carbocycles. The van der Waals surface area contributed by atoms with Crippen LogP contribution < -0.4 is 10.5 Å². The highest BCUT2D eigenvalue weighted by molar-refractivity contribution is 5.78. The largest absolute Gasteiger partial charge is 0.481 e. The van der Waals surface area contributed by atoms with Crippen molar-refractivity contribution in [1.29, 1.82) is 0 Å². The van der Waals surface area contributed by atoms with Crippen LogP contribution in [0.25, 0.3) is 0 Å². The van der Waals surface area contributed by atoms with Crippen LogP contribution in [0.5, 0.6) is 11.5 Å². The minimum Gasteiger partial charge on any atom is -0.481 e. The van der Waals surface area contributed by atoms with E-state index >= 15 is 0 Å². The number of carbonyl (C=O) groups is 1. The second-order valence-electron chi connectivity index (χ2n) is 4.24. The van der Waals surface area contributed by atoms with Crippen molar-refractivity contribution in [3.63, 3.8) is 0 Å². The van der Waals surface area contributed by atoms with E-state index in [0.29, 0.717) is 22.7 Å². The first kappa shape index (κ1) is 13.0. The van der Waals surface area contributed by atoms with Crippen LogP contribution in [0.2, 0.25) is 0 Å². The first-order valence-electron chi connectivity index (χ1n) is 5.93. The number of para-hydroxylation sites is 2. The molecular formula is C15H15NO3. The highest BCUT2D eigenvalue weighted by Gasteiger charge is 2.20. The standard InChI is InChI=1S/C15H15NO3/c1-10(15(17)18)12-8-5-9-13(16)14(12)19-11-6-3-2-4-7-11/h2-10H,16H2,1H3,(H,17,18). The maximum Gasteiger partial charge on any atom is 0.310 e. The van der Waals surface area contributed by atoms with Gasteiger partial charge in [-0.1, -0.05) is 30.3 Å². The Morgan fingerprint density at radius 1 is 1.16 bits per heavy atom. The summed E-state index contributed by atoms with van der Waals surface area (Å²) in [5.41, 5.74) is 6.88. The third kappa shape index (κ3) is 2.85. The van der Waals surface area contributed by atoms with Gasteiger partial charge in [0.2, 0.25) is 0 Å². The third-order valence-corrected chi connectivity index (χ3v) is 2.88. The van der Waals surface area contributed by atoms with Crippen LogP contribution in [0, 0.1) is 0 Å². The monoisotopic (exact) mass is 257 g/mol. The number of hydrogen-bond donors (Lipinski definition) is 2. The molecule has 0 fully saturated rings. The number of benzene rings is 2. The van der Waals surface area contributed by atoms with Crippen molar-refractivity contribution in [3.8, 4) is 11.5 Å². The fraction of sp³-hybridized carbons (Fsp3) is 0.133. The molecule has 0 aliphatic rings. The van der Waals surface area contributed by atoms with Crippen LogP contribution in [-0.4, -0.2) is 11.1 Å². The first-order valence-corrected chi connectivity index (χ1v) is 5.93. The molecule has 98 valence electrons. The summed E-state index contributed by atoms with van der Waals surface area (Å²) in [5.74, 6) is -0.562. The van der Waals surface area contributed by atoms with Crippen LogP contribution in [0.4, 0.5) is 5.69 Å². The fourth-order valence-corrected chi connectivity index (χ4v) is 1.77. The summed E-state index contributed by atoms with van der Waals surface area (Å²) in [6.45, 7) is 1.61. The smallest absolute Gasteiger partial charge is 0.310 e. The Hall–Kier alpha value is -2.49. The van der Waals surface area contributed by atoms with E-state index in [1.54, 1.807) is 37.3 Å². The Labute approximate surface area is 111 Å². The fourth-order valence-electron chi connectivity index (χ4n) is 1.77. The number of nitrogen functional groups attached to an aromatic ring is 1. The number of carboxylic acid groups (broad SMARTS) is 1. The molecule has 0 saturated carbocycles. The van der Waals surface area contributed by atoms with Gasteiger partial charge < -0.3 is 15.6 Å². The highest BCUT2D eigenvalue weighted by atomic mass is 16.5. The van der Waals surface area contributed by atoms with E-state index in [0.717, 1.165) is 0 Å². The van der Waals surface area contributed by atoms with Crippen molar-refractivity contribution in [2.75, 3.05) is 5.73 Å². The van der Waals surface area contributed by atoms with Gasteiger partial charge >= 0.3 is 5.97 Å². The molecule has 0 aromatic heterocycles. The van der Waals surface area contributed by atoms with E-state index in [4.69, 9.17) is 15.6 Å². The van der Waals surface area contributed by atoms with Crippen molar-refractivity contribution in [1.82, 2.24) is 0 Å². The zero-order valence-corrected chi connectivity index (χ0v) is 10.5. The molecule has 0 spiro atoms. The van der Waals surface area contributed by atoms with E-state index in [1.165, 1.54) is 0 Å². The van der Waals surface area contributed by atoms with Crippen molar-refractivity contribution in [2.45, 2.75) is 12.8 Å². The second-order valence-corrected chi connectivity index (χ2v) is 4.24. The Morgan fingerprint density at radius 2 is 1.84 bits per heavy atom. The lowest BCUT2D eigenvalue weighted by Crippen LogP contribution is -2.09. The second kappa shape index (κ2) is 5.44. The molecule has 0 saturated heterocycles. The third-order valence-electron chi connectivity index (χ3n) is 2.88. The van der Waals surface area contributed by atoms with Gasteiger partial charge in [0.05, 0.1) is 11.6 Å². The highest BCUT2D eigenvalue weighted by Crippen LogP contribution is 2.35. The number of carboxylic acids is 1. The molecule has 0 heterocycles. The van der Waals surface area contributed by atoms with Crippen LogP contribution in [0.15, 0.2) is 48.5 Å². The lowest BCUT2D eigenvalue weighted by Gasteiger charge is -2.15. The zero-order chi connectivity index (χ0) is 13.8. The van der Waals surface area contributed by atoms with Crippen molar-refractivity contribution < 1.29 is 14.6 Å². The van der Waals surface area contributed by atoms with E-state index in [9.17, 15) is 4.79 Å². The lowest BCUT2D eigenvalue weighted by molar-refractivity contribution is -0.138. The van der Waals surface area contributed by atoms with Crippen LogP contribution in [0.3, 0.4) is 0 Å². The molecule has 2 rings (SSSR count). The summed E-state index contributed by atoms with van der Waals surface area (Å²) in [6, 6.07) is 14.3. The molecule has 4 nitrogen and oxygen atoms in total. The van der Waals surface area contributed by atoms with Gasteiger partial charge in [-0.2, -0.15) is 0 Å². The molecule has 0 aliphatic carbocycles. The van der Waals surface area contributed by atoms with Gasteiger partial charge in [-0.15, -0.1) is 0 Å². The van der Waals surface area contributed by atoms with Gasteiger partial charge in [0.15, 0.2) is 5.75 Å². The molecular weight excluding hydrogens is 242 g/mol. The predicted octanol–water partition coefficient (Wildman–Crippen LogP) is 3.25. The molecule has 19 heavy (non-hydrogen) atoms. The molecule has 0 aliphatic heterocycles. The topological polar surface area (TPSA) is 72.5 Å². The lowest BCUT2D eigenvalue weighted by atomic mass is 9.99. The summed E-state index contributed by atoms with van der Waals surface area (Å²) in [6.07, 6.45) is 0. The van der Waals surface area contributed by atoms with Crippen LogP contribution >= 0.6 is 0 Å². The number of anilines is 1. The SMILES string of the molecule is CC(C(=O)O)c1cccc(N)c1Oc1ccccc1. The van der Waals surface area contributed by atoms with Crippen molar-refractivity contribution >= 4 is 11.7 Å². The summed E-state index contributed by atoms with van der Waals surface area (Å²) in [7, 11) is 0. The van der Waals surface area contributed by atoms with Gasteiger partial charge in [0, 0.05) is 5.56 Å². The van der Waals surface area contributed by atoms with Gasteiger partial charge in [0.1, 0.15) is 5.75 Å². The van der Waals surface area contributed by atoms with Crippen molar-refractivity contribution in [3.05, 3.63) is 54.1 Å². The number of aliphatic carboxylic acids is 1. The normalized spacial score (nSPS) is 11.8. The zero-order valence-electron chi connectivity index (χ0n) is 10.5. The molecule has 2 aromatic rings. The number of hydrogen-bond acceptors (Lipinski definition) is 3. The van der Waals surface area contributed by atoms with E-state index in [2.05, 4.69) is 0 Å². The Morgan fingerprint density at radius 3 is 2.47 bits per heavy atom. The number of rotatable bonds is 4. The summed E-state index contributed by atoms with van der Waals surface area (Å²) >= 11 is 0. The quantitative estimate of drug-likeness (QED) is 0.825. The maximum atomic E-state index is 11.1. The average molecular weight is 257 g/mol. The molecule has 3 N–H and O–H groups in total. The Kier molecular flexibility index (Phi) is 3.71. The number of ether oxygens (including phenoxy) is 1. The van der Waals surface area contributed by atoms with Gasteiger partial charge in [0.25, 0.3) is 0 Å². The predicted molar refractivity (Wildman–Crippen MR) is 73.4 cm³/mol.